The number of rotatable bonds is 27. The zero-order valence-electron chi connectivity index (χ0n) is 45.1. The van der Waals surface area contributed by atoms with Gasteiger partial charge in [-0.1, -0.05) is 119 Å². The van der Waals surface area contributed by atoms with Crippen molar-refractivity contribution in [3.05, 3.63) is 126 Å². The highest BCUT2D eigenvalue weighted by Crippen LogP contribution is 2.21. The molecule has 9 N–H and O–H groups in total. The van der Waals surface area contributed by atoms with E-state index < -0.39 is 108 Å². The summed E-state index contributed by atoms with van der Waals surface area (Å²) in [4.78, 5) is 119. The third-order valence-corrected chi connectivity index (χ3v) is 12.8. The number of ether oxygens (including phenoxy) is 1. The molecule has 20 heteroatoms. The van der Waals surface area contributed by atoms with Gasteiger partial charge >= 0.3 is 12.1 Å². The third-order valence-electron chi connectivity index (χ3n) is 12.8. The third kappa shape index (κ3) is 20.1. The van der Waals surface area contributed by atoms with Gasteiger partial charge in [0, 0.05) is 38.4 Å². The molecule has 3 aromatic carbocycles. The molecule has 0 saturated carbocycles. The van der Waals surface area contributed by atoms with Gasteiger partial charge < -0.3 is 56.7 Å². The zero-order valence-corrected chi connectivity index (χ0v) is 45.1. The van der Waals surface area contributed by atoms with E-state index in [9.17, 15) is 48.6 Å². The zero-order chi connectivity index (χ0) is 56.2. The minimum Gasteiger partial charge on any atom is -0.480 e. The molecule has 0 spiro atoms. The predicted octanol–water partition coefficient (Wildman–Crippen LogP) is 3.92. The number of carbonyl (C=O) groups is 8. The summed E-state index contributed by atoms with van der Waals surface area (Å²) in [7, 11) is 0. The number of hydrogen-bond acceptors (Lipinski definition) is 11. The first-order valence-electron chi connectivity index (χ1n) is 26.4. The number of carboxylic acid groups (broad SMARTS) is 1. The highest BCUT2D eigenvalue weighted by atomic mass is 16.6. The van der Waals surface area contributed by atoms with Gasteiger partial charge in [0.25, 0.3) is 0 Å². The summed E-state index contributed by atoms with van der Waals surface area (Å²) in [6.07, 6.45) is 1.34. The molecular formula is C57H77N9O11. The van der Waals surface area contributed by atoms with E-state index >= 15 is 0 Å². The Hall–Kier alpha value is -7.61. The second kappa shape index (κ2) is 29.1. The van der Waals surface area contributed by atoms with E-state index in [-0.39, 0.29) is 63.3 Å². The number of carbonyl (C=O) groups excluding carboxylic acids is 7. The van der Waals surface area contributed by atoms with Crippen molar-refractivity contribution < 1.29 is 53.3 Å². The van der Waals surface area contributed by atoms with Gasteiger partial charge in [-0.25, -0.2) is 14.6 Å². The fourth-order valence-corrected chi connectivity index (χ4v) is 9.14. The van der Waals surface area contributed by atoms with Crippen LogP contribution in [-0.4, -0.2) is 133 Å². The molecule has 8 atom stereocenters. The molecule has 0 aliphatic carbocycles. The van der Waals surface area contributed by atoms with Crippen LogP contribution in [0.15, 0.2) is 104 Å². The van der Waals surface area contributed by atoms with Crippen LogP contribution in [0.4, 0.5) is 4.79 Å². The van der Waals surface area contributed by atoms with E-state index in [0.29, 0.717) is 28.8 Å². The lowest BCUT2D eigenvalue weighted by atomic mass is 9.95. The first-order valence-corrected chi connectivity index (χ1v) is 26.4. The van der Waals surface area contributed by atoms with E-state index in [0.717, 1.165) is 0 Å². The Balaban J connectivity index is 1.34. The molecule has 0 radical (unpaired) electrons. The molecule has 4 aromatic rings. The molecule has 1 aliphatic heterocycles. The fraction of sp³-hybridized carbons (Fsp3) is 0.491. The molecule has 5 rings (SSSR count). The van der Waals surface area contributed by atoms with E-state index in [1.165, 1.54) is 11.2 Å². The van der Waals surface area contributed by atoms with Crippen LogP contribution in [0.25, 0.3) is 0 Å². The number of nitrogens with zero attached hydrogens (tertiary/aromatic N) is 2. The predicted molar refractivity (Wildman–Crippen MR) is 287 cm³/mol. The molecule has 20 nitrogen and oxygen atoms in total. The Morgan fingerprint density at radius 2 is 1.16 bits per heavy atom. The SMILES string of the molecule is CC(C)C[C@H](NC(=O)C[C@H](O)[C@H](CC(C)C)NC(=O)[C@H](Cc1ccccc1)NC(=O)[C@H](Cc1ccccc1)NC(=O)[C@@H]1CCCN1C(=O)[C@H](Cc1c[nH]cn1)NC(=O)OC(C)(C)C)C(=O)N[C@@H](Cc1ccccc1)C(=O)O. The maximum absolute atomic E-state index is 14.7. The van der Waals surface area contributed by atoms with Crippen LogP contribution in [0.5, 0.6) is 0 Å². The lowest BCUT2D eigenvalue weighted by molar-refractivity contribution is -0.142. The number of carboxylic acids is 1. The molecule has 0 bridgehead atoms. The standard InChI is InChI=1S/C57H77N9O11/c1-35(2)26-41(48(67)32-49(68)60-42(27-36(3)4)50(69)64-46(55(74)75)30-39-22-15-10-16-23-39)61-51(70)43(28-37-18-11-8-12-19-37)62-52(71)44(29-38-20-13-9-14-21-38)63-53(72)47-24-17-25-66(47)54(73)45(31-40-33-58-34-59-40)65-56(76)77-57(5,6)7/h8-16,18-23,33-36,41-48,67H,17,24-32H2,1-7H3,(H,58,59)(H,60,68)(H,61,70)(H,62,71)(H,63,72)(H,64,69)(H,65,76)(H,74,75)/t41-,42-,43-,44-,45-,46-,47-,48-/m0/s1. The number of nitrogens with one attached hydrogen (secondary N) is 7. The van der Waals surface area contributed by atoms with E-state index in [2.05, 4.69) is 41.9 Å². The molecule has 1 aliphatic rings. The topological polar surface area (TPSA) is 290 Å². The van der Waals surface area contributed by atoms with Gasteiger partial charge in [0.15, 0.2) is 0 Å². The van der Waals surface area contributed by atoms with Gasteiger partial charge in [-0.3, -0.25) is 28.8 Å². The number of H-pyrrole nitrogens is 1. The van der Waals surface area contributed by atoms with Crippen LogP contribution in [0, 0.1) is 11.8 Å². The average molecular weight is 1060 g/mol. The first kappa shape index (κ1) is 60.3. The number of benzene rings is 3. The van der Waals surface area contributed by atoms with E-state index in [1.54, 1.807) is 118 Å². The van der Waals surface area contributed by atoms with Crippen LogP contribution in [-0.2, 0) is 64.0 Å². The van der Waals surface area contributed by atoms with Crippen LogP contribution in [0.1, 0.15) is 103 Å². The number of likely N-dealkylation sites (tertiary alicyclic amines) is 1. The maximum atomic E-state index is 14.7. The largest absolute Gasteiger partial charge is 0.480 e. The smallest absolute Gasteiger partial charge is 0.408 e. The summed E-state index contributed by atoms with van der Waals surface area (Å²) < 4.78 is 5.46. The Morgan fingerprint density at radius 1 is 0.649 bits per heavy atom. The van der Waals surface area contributed by atoms with Crippen LogP contribution < -0.4 is 31.9 Å². The number of hydrogen-bond donors (Lipinski definition) is 9. The highest BCUT2D eigenvalue weighted by Gasteiger charge is 2.40. The minimum atomic E-state index is -1.47. The van der Waals surface area contributed by atoms with Crippen molar-refractivity contribution in [2.75, 3.05) is 6.54 Å². The lowest BCUT2D eigenvalue weighted by Crippen LogP contribution is -2.59. The number of aromatic nitrogens is 2. The van der Waals surface area contributed by atoms with Gasteiger partial charge in [0.2, 0.25) is 35.4 Å². The van der Waals surface area contributed by atoms with Crippen molar-refractivity contribution in [3.63, 3.8) is 0 Å². The normalized spacial score (nSPS) is 16.2. The Kier molecular flexibility index (Phi) is 22.7. The molecule has 1 aromatic heterocycles. The van der Waals surface area contributed by atoms with Gasteiger partial charge in [0.05, 0.1) is 30.6 Å². The quantitative estimate of drug-likeness (QED) is 0.0411. The van der Waals surface area contributed by atoms with Crippen molar-refractivity contribution >= 4 is 47.5 Å². The summed E-state index contributed by atoms with van der Waals surface area (Å²) >= 11 is 0. The van der Waals surface area contributed by atoms with E-state index in [4.69, 9.17) is 4.74 Å². The number of alkyl carbamates (subject to hydrolysis) is 1. The summed E-state index contributed by atoms with van der Waals surface area (Å²) in [5.41, 5.74) is 1.71. The fourth-order valence-electron chi connectivity index (χ4n) is 9.14. The van der Waals surface area contributed by atoms with Crippen molar-refractivity contribution in [1.82, 2.24) is 46.8 Å². The molecule has 1 fully saturated rings. The van der Waals surface area contributed by atoms with Gasteiger partial charge in [-0.2, -0.15) is 0 Å². The molecular weight excluding hydrogens is 987 g/mol. The molecule has 416 valence electrons. The minimum absolute atomic E-state index is 0.00248. The summed E-state index contributed by atoms with van der Waals surface area (Å²) in [6.45, 7) is 12.7. The number of aliphatic carboxylic acids is 1. The van der Waals surface area contributed by atoms with E-state index in [1.807, 2.05) is 27.7 Å². The second-order valence-electron chi connectivity index (χ2n) is 21.5. The highest BCUT2D eigenvalue weighted by molar-refractivity contribution is 5.96. The first-order chi connectivity index (χ1) is 36.5. The Morgan fingerprint density at radius 3 is 1.66 bits per heavy atom. The van der Waals surface area contributed by atoms with Gasteiger partial charge in [0.1, 0.15) is 41.9 Å². The molecule has 0 unspecified atom stereocenters. The summed E-state index contributed by atoms with van der Waals surface area (Å²) in [6, 6.07) is 18.6. The maximum Gasteiger partial charge on any atom is 0.408 e. The molecule has 7 amide bonds. The molecule has 2 heterocycles. The van der Waals surface area contributed by atoms with Crippen LogP contribution in [0.3, 0.4) is 0 Å². The van der Waals surface area contributed by atoms with Crippen molar-refractivity contribution in [1.29, 1.82) is 0 Å². The average Bonchev–Trinajstić information content (AvgIpc) is 4.09. The molecule has 77 heavy (non-hydrogen) atoms. The van der Waals surface area contributed by atoms with Gasteiger partial charge in [-0.05, 0) is 75.0 Å². The van der Waals surface area contributed by atoms with Crippen LogP contribution in [0.2, 0.25) is 0 Å². The summed E-state index contributed by atoms with van der Waals surface area (Å²) in [5, 5.41) is 38.2. The number of imidazole rings is 1. The number of amides is 7. The monoisotopic (exact) mass is 1060 g/mol. The number of aromatic amines is 1. The molecule has 1 saturated heterocycles. The van der Waals surface area contributed by atoms with Crippen molar-refractivity contribution in [3.8, 4) is 0 Å². The van der Waals surface area contributed by atoms with Crippen LogP contribution >= 0.6 is 0 Å². The van der Waals surface area contributed by atoms with Crippen molar-refractivity contribution in [2.24, 2.45) is 11.8 Å². The number of aliphatic hydroxyl groups is 1. The second-order valence-corrected chi connectivity index (χ2v) is 21.5. The Labute approximate surface area is 450 Å². The number of aliphatic hydroxyl groups excluding tert-OH is 1. The van der Waals surface area contributed by atoms with Gasteiger partial charge in [-0.15, -0.1) is 0 Å². The van der Waals surface area contributed by atoms with Crippen molar-refractivity contribution in [2.45, 2.75) is 160 Å². The Bertz CT molecular complexity index is 2560. The summed E-state index contributed by atoms with van der Waals surface area (Å²) in [5.74, 6) is -5.39. The lowest BCUT2D eigenvalue weighted by Gasteiger charge is -2.31.